The van der Waals surface area contributed by atoms with Gasteiger partial charge in [0.1, 0.15) is 13.2 Å². The van der Waals surface area contributed by atoms with E-state index in [9.17, 15) is 14.4 Å². The van der Waals surface area contributed by atoms with Crippen LogP contribution in [-0.4, -0.2) is 37.2 Å². The summed E-state index contributed by atoms with van der Waals surface area (Å²) in [6.07, 6.45) is 63.5. The normalized spacial score (nSPS) is 12.5. The molecule has 0 amide bonds. The minimum absolute atomic E-state index is 0.0847. The van der Waals surface area contributed by atoms with Crippen LogP contribution in [0.1, 0.15) is 265 Å². The Bertz CT molecular complexity index is 1150. The third-order valence-electron chi connectivity index (χ3n) is 11.5. The number of allylic oxidation sites excluding steroid dienone is 10. The topological polar surface area (TPSA) is 78.9 Å². The van der Waals surface area contributed by atoms with Crippen molar-refractivity contribution in [3.63, 3.8) is 0 Å². The summed E-state index contributed by atoms with van der Waals surface area (Å²) in [5, 5.41) is 0. The summed E-state index contributed by atoms with van der Waals surface area (Å²) >= 11 is 0. The Hall–Kier alpha value is -2.89. The van der Waals surface area contributed by atoms with Crippen molar-refractivity contribution < 1.29 is 28.6 Å². The van der Waals surface area contributed by atoms with Crippen LogP contribution in [0.5, 0.6) is 0 Å². The summed E-state index contributed by atoms with van der Waals surface area (Å²) in [4.78, 5) is 37.9. The molecule has 0 spiro atoms. The lowest BCUT2D eigenvalue weighted by Gasteiger charge is -2.18. The Kier molecular flexibility index (Phi) is 49.4. The van der Waals surface area contributed by atoms with Crippen molar-refractivity contribution in [3.05, 3.63) is 60.8 Å². The average Bonchev–Trinajstić information content (AvgIpc) is 3.28. The lowest BCUT2D eigenvalue weighted by atomic mass is 10.1. The van der Waals surface area contributed by atoms with E-state index in [-0.39, 0.29) is 31.1 Å². The van der Waals surface area contributed by atoms with Crippen LogP contribution in [0, 0.1) is 0 Å². The molecule has 0 radical (unpaired) electrons. The van der Waals surface area contributed by atoms with Gasteiger partial charge >= 0.3 is 17.9 Å². The van der Waals surface area contributed by atoms with E-state index in [0.717, 1.165) is 83.5 Å². The standard InChI is InChI=1S/C57H100O6/c1-4-7-10-13-16-19-21-23-25-27-28-30-31-33-35-38-41-44-47-50-56(59)62-53-54(52-61-55(58)49-46-43-40-37-18-15-12-9-6-3)63-57(60)51-48-45-42-39-36-34-32-29-26-24-22-20-17-14-11-8-5-2/h16,19,23-26,28,30,33,35,54H,4-15,17-18,20-22,27,29,31-32,34,36-53H2,1-3H3/b19-16-,25-23-,26-24-,30-28-,35-33-/t54-/m1/s1. The fraction of sp³-hybridized carbons (Fsp3) is 0.772. The quantitative estimate of drug-likeness (QED) is 0.0262. The van der Waals surface area contributed by atoms with Crippen LogP contribution in [0.15, 0.2) is 60.8 Å². The van der Waals surface area contributed by atoms with Gasteiger partial charge in [-0.15, -0.1) is 0 Å². The maximum absolute atomic E-state index is 12.8. The Morgan fingerprint density at radius 2 is 0.571 bits per heavy atom. The highest BCUT2D eigenvalue weighted by Gasteiger charge is 2.19. The molecule has 0 aromatic rings. The van der Waals surface area contributed by atoms with Gasteiger partial charge in [-0.1, -0.05) is 216 Å². The Morgan fingerprint density at radius 3 is 0.952 bits per heavy atom. The van der Waals surface area contributed by atoms with Gasteiger partial charge in [0.05, 0.1) is 0 Å². The molecule has 0 saturated carbocycles. The molecule has 6 heteroatoms. The van der Waals surface area contributed by atoms with Crippen molar-refractivity contribution in [2.75, 3.05) is 13.2 Å². The maximum Gasteiger partial charge on any atom is 0.306 e. The number of unbranched alkanes of at least 4 members (excludes halogenated alkanes) is 27. The molecular formula is C57H100O6. The highest BCUT2D eigenvalue weighted by Crippen LogP contribution is 2.14. The lowest BCUT2D eigenvalue weighted by molar-refractivity contribution is -0.167. The first-order valence-electron chi connectivity index (χ1n) is 26.8. The molecule has 6 nitrogen and oxygen atoms in total. The molecule has 0 aromatic heterocycles. The fourth-order valence-electron chi connectivity index (χ4n) is 7.42. The molecule has 0 rings (SSSR count). The third kappa shape index (κ3) is 50.0. The molecule has 364 valence electrons. The van der Waals surface area contributed by atoms with Gasteiger partial charge in [0, 0.05) is 19.3 Å². The van der Waals surface area contributed by atoms with E-state index in [2.05, 4.69) is 81.5 Å². The number of carbonyl (C=O) groups excluding carboxylic acids is 3. The van der Waals surface area contributed by atoms with Gasteiger partial charge < -0.3 is 14.2 Å². The van der Waals surface area contributed by atoms with Crippen LogP contribution in [-0.2, 0) is 28.6 Å². The first-order valence-corrected chi connectivity index (χ1v) is 26.8. The van der Waals surface area contributed by atoms with Crippen molar-refractivity contribution >= 4 is 17.9 Å². The predicted molar refractivity (Wildman–Crippen MR) is 270 cm³/mol. The van der Waals surface area contributed by atoms with Crippen molar-refractivity contribution in [3.8, 4) is 0 Å². The first-order chi connectivity index (χ1) is 31.0. The van der Waals surface area contributed by atoms with Gasteiger partial charge in [0.2, 0.25) is 0 Å². The summed E-state index contributed by atoms with van der Waals surface area (Å²) < 4.78 is 16.8. The van der Waals surface area contributed by atoms with E-state index in [1.54, 1.807) is 0 Å². The second-order valence-electron chi connectivity index (χ2n) is 17.8. The van der Waals surface area contributed by atoms with Crippen molar-refractivity contribution in [2.45, 2.75) is 271 Å². The molecule has 0 heterocycles. The van der Waals surface area contributed by atoms with Crippen LogP contribution in [0.4, 0.5) is 0 Å². The molecule has 63 heavy (non-hydrogen) atoms. The number of esters is 3. The van der Waals surface area contributed by atoms with Crippen LogP contribution in [0.25, 0.3) is 0 Å². The van der Waals surface area contributed by atoms with Crippen molar-refractivity contribution in [1.29, 1.82) is 0 Å². The molecular weight excluding hydrogens is 781 g/mol. The summed E-state index contributed by atoms with van der Waals surface area (Å²) in [5.74, 6) is -0.918. The SMILES string of the molecule is CCCCC/C=C\C/C=C\C/C=C\C/C=C\CCCCCC(=O)OC[C@@H](COC(=O)CCCCCCCCCCC)OC(=O)CCCCCCCCC/C=C\CCCCCCCC. The number of hydrogen-bond acceptors (Lipinski definition) is 6. The largest absolute Gasteiger partial charge is 0.462 e. The van der Waals surface area contributed by atoms with Crippen molar-refractivity contribution in [1.82, 2.24) is 0 Å². The van der Waals surface area contributed by atoms with E-state index in [0.29, 0.717) is 19.3 Å². The molecule has 0 aliphatic carbocycles. The summed E-state index contributed by atoms with van der Waals surface area (Å²) in [5.41, 5.74) is 0. The third-order valence-corrected chi connectivity index (χ3v) is 11.5. The van der Waals surface area contributed by atoms with Crippen LogP contribution in [0.3, 0.4) is 0 Å². The minimum atomic E-state index is -0.786. The summed E-state index contributed by atoms with van der Waals surface area (Å²) in [6, 6.07) is 0. The van der Waals surface area contributed by atoms with Crippen molar-refractivity contribution in [2.24, 2.45) is 0 Å². The molecule has 0 fully saturated rings. The van der Waals surface area contributed by atoms with E-state index in [1.807, 2.05) is 0 Å². The predicted octanol–water partition coefficient (Wildman–Crippen LogP) is 17.6. The summed E-state index contributed by atoms with van der Waals surface area (Å²) in [7, 11) is 0. The second-order valence-corrected chi connectivity index (χ2v) is 17.8. The summed E-state index contributed by atoms with van der Waals surface area (Å²) in [6.45, 7) is 6.57. The molecule has 0 aliphatic rings. The molecule has 0 aromatic carbocycles. The zero-order chi connectivity index (χ0) is 45.8. The second kappa shape index (κ2) is 51.7. The minimum Gasteiger partial charge on any atom is -0.462 e. The number of rotatable bonds is 48. The van der Waals surface area contributed by atoms with Crippen LogP contribution >= 0.6 is 0 Å². The first kappa shape index (κ1) is 60.1. The van der Waals surface area contributed by atoms with E-state index >= 15 is 0 Å². The number of ether oxygens (including phenoxy) is 3. The van der Waals surface area contributed by atoms with Gasteiger partial charge in [-0.2, -0.15) is 0 Å². The molecule has 0 bridgehead atoms. The number of carbonyl (C=O) groups is 3. The van der Waals surface area contributed by atoms with Gasteiger partial charge in [-0.05, 0) is 89.9 Å². The molecule has 0 saturated heterocycles. The highest BCUT2D eigenvalue weighted by molar-refractivity contribution is 5.71. The van der Waals surface area contributed by atoms with Gasteiger partial charge in [0.25, 0.3) is 0 Å². The molecule has 0 N–H and O–H groups in total. The lowest BCUT2D eigenvalue weighted by Crippen LogP contribution is -2.30. The van der Waals surface area contributed by atoms with E-state index in [4.69, 9.17) is 14.2 Å². The van der Waals surface area contributed by atoms with Crippen LogP contribution in [0.2, 0.25) is 0 Å². The highest BCUT2D eigenvalue weighted by atomic mass is 16.6. The Balaban J connectivity index is 4.37. The molecule has 1 atom stereocenters. The smallest absolute Gasteiger partial charge is 0.306 e. The van der Waals surface area contributed by atoms with E-state index in [1.165, 1.54) is 141 Å². The maximum atomic E-state index is 12.8. The Morgan fingerprint density at radius 1 is 0.317 bits per heavy atom. The number of hydrogen-bond donors (Lipinski definition) is 0. The monoisotopic (exact) mass is 881 g/mol. The van der Waals surface area contributed by atoms with Gasteiger partial charge in [-0.25, -0.2) is 0 Å². The van der Waals surface area contributed by atoms with Gasteiger partial charge in [0.15, 0.2) is 6.10 Å². The fourth-order valence-corrected chi connectivity index (χ4v) is 7.42. The zero-order valence-corrected chi connectivity index (χ0v) is 41.6. The Labute approximate surface area is 390 Å². The van der Waals surface area contributed by atoms with Crippen LogP contribution < -0.4 is 0 Å². The molecule has 0 aliphatic heterocycles. The molecule has 0 unspecified atom stereocenters. The van der Waals surface area contributed by atoms with E-state index < -0.39 is 6.10 Å². The van der Waals surface area contributed by atoms with Gasteiger partial charge in [-0.3, -0.25) is 14.4 Å². The average molecular weight is 881 g/mol. The zero-order valence-electron chi connectivity index (χ0n) is 41.6.